The van der Waals surface area contributed by atoms with Crippen LogP contribution in [0.3, 0.4) is 0 Å². The van der Waals surface area contributed by atoms with E-state index in [1.165, 1.54) is 212 Å². The van der Waals surface area contributed by atoms with Crippen LogP contribution in [0.25, 0.3) is 0 Å². The van der Waals surface area contributed by atoms with Gasteiger partial charge < -0.3 is 14.2 Å². The Morgan fingerprint density at radius 3 is 0.870 bits per heavy atom. The lowest BCUT2D eigenvalue weighted by Crippen LogP contribution is -2.30. The molecule has 0 aromatic carbocycles. The summed E-state index contributed by atoms with van der Waals surface area (Å²) >= 11 is 0. The van der Waals surface area contributed by atoms with Gasteiger partial charge in [-0.1, -0.05) is 268 Å². The highest BCUT2D eigenvalue weighted by Gasteiger charge is 2.19. The summed E-state index contributed by atoms with van der Waals surface area (Å²) in [6, 6.07) is 0. The molecule has 0 heterocycles. The Kier molecular flexibility index (Phi) is 55.7. The largest absolute Gasteiger partial charge is 0.462 e. The van der Waals surface area contributed by atoms with E-state index in [-0.39, 0.29) is 37.5 Å². The van der Waals surface area contributed by atoms with Gasteiger partial charge in [-0.05, 0) is 77.0 Å². The minimum atomic E-state index is -0.798. The Morgan fingerprint density at radius 1 is 0.290 bits per heavy atom. The van der Waals surface area contributed by atoms with E-state index in [0.717, 1.165) is 57.8 Å². The van der Waals surface area contributed by atoms with Gasteiger partial charge in [0.25, 0.3) is 0 Å². The number of ether oxygens (including phenoxy) is 3. The van der Waals surface area contributed by atoms with Crippen LogP contribution in [0.1, 0.15) is 316 Å². The molecule has 0 aromatic heterocycles. The summed E-state index contributed by atoms with van der Waals surface area (Å²) in [6.45, 7) is 6.63. The highest BCUT2D eigenvalue weighted by Crippen LogP contribution is 2.16. The van der Waals surface area contributed by atoms with Crippen molar-refractivity contribution in [3.05, 3.63) is 48.6 Å². The fraction of sp³-hybridized carbons (Fsp3) is 0.825. The highest BCUT2D eigenvalue weighted by molar-refractivity contribution is 5.71. The molecule has 0 aliphatic rings. The standard InChI is InChI=1S/C63H114O6/c1-4-7-10-13-16-19-22-25-28-30-31-33-35-38-41-44-47-50-53-56-62(65)68-59-60(58-67-61(64)55-52-49-46-43-40-37-34-27-24-21-18-15-12-9-6-3)69-63(66)57-54-51-48-45-42-39-36-32-29-26-23-20-17-14-11-8-5-2/h25-26,28-29,36,39,45,48,60H,4-24,27,30-35,37-38,40-44,46-47,49-59H2,1-3H3/b28-25-,29-26-,39-36-,48-45-/t60-/m0/s1. The SMILES string of the molecule is CCCCCCCC/C=C\C/C=C\C/C=C\CCCC(=O)O[C@H](COC(=O)CCCCCCCCCCC/C=C\CCCCCCCC)COC(=O)CCCCCCCCCCCCCCCCC. The maximum absolute atomic E-state index is 12.8. The molecule has 0 fully saturated rings. The van der Waals surface area contributed by atoms with E-state index >= 15 is 0 Å². The van der Waals surface area contributed by atoms with E-state index in [1.807, 2.05) is 0 Å². The molecule has 0 unspecified atom stereocenters. The van der Waals surface area contributed by atoms with Crippen LogP contribution in [-0.4, -0.2) is 37.2 Å². The summed E-state index contributed by atoms with van der Waals surface area (Å²) in [7, 11) is 0. The highest BCUT2D eigenvalue weighted by atomic mass is 16.6. The zero-order valence-electron chi connectivity index (χ0n) is 46.1. The molecule has 402 valence electrons. The lowest BCUT2D eigenvalue weighted by Gasteiger charge is -2.18. The summed E-state index contributed by atoms with van der Waals surface area (Å²) in [5.41, 5.74) is 0. The van der Waals surface area contributed by atoms with Crippen molar-refractivity contribution in [1.82, 2.24) is 0 Å². The zero-order chi connectivity index (χ0) is 50.0. The molecular weight excluding hydrogens is 853 g/mol. The molecule has 6 nitrogen and oxygen atoms in total. The molecule has 0 aromatic rings. The molecule has 0 amide bonds. The fourth-order valence-corrected chi connectivity index (χ4v) is 8.75. The molecule has 0 radical (unpaired) electrons. The Hall–Kier alpha value is -2.63. The lowest BCUT2D eigenvalue weighted by atomic mass is 10.0. The van der Waals surface area contributed by atoms with Gasteiger partial charge in [-0.15, -0.1) is 0 Å². The normalized spacial score (nSPS) is 12.3. The smallest absolute Gasteiger partial charge is 0.306 e. The molecule has 1 atom stereocenters. The van der Waals surface area contributed by atoms with Gasteiger partial charge in [0.05, 0.1) is 0 Å². The molecule has 0 aliphatic carbocycles. The second-order valence-corrected chi connectivity index (χ2v) is 20.3. The molecular formula is C63H114O6. The third-order valence-electron chi connectivity index (χ3n) is 13.3. The zero-order valence-corrected chi connectivity index (χ0v) is 46.1. The van der Waals surface area contributed by atoms with E-state index in [2.05, 4.69) is 69.4 Å². The minimum absolute atomic E-state index is 0.0903. The maximum atomic E-state index is 12.8. The van der Waals surface area contributed by atoms with Crippen LogP contribution in [0.5, 0.6) is 0 Å². The quantitative estimate of drug-likeness (QED) is 0.0262. The van der Waals surface area contributed by atoms with Gasteiger partial charge in [0.2, 0.25) is 0 Å². The number of hydrogen-bond donors (Lipinski definition) is 0. The molecule has 69 heavy (non-hydrogen) atoms. The number of carbonyl (C=O) groups excluding carboxylic acids is 3. The maximum Gasteiger partial charge on any atom is 0.306 e. The molecule has 0 bridgehead atoms. The summed E-state index contributed by atoms with van der Waals surface area (Å²) < 4.78 is 16.9. The Morgan fingerprint density at radius 2 is 0.536 bits per heavy atom. The molecule has 0 saturated carbocycles. The van der Waals surface area contributed by atoms with Crippen LogP contribution in [0.4, 0.5) is 0 Å². The Labute approximate surface area is 428 Å². The second-order valence-electron chi connectivity index (χ2n) is 20.3. The third kappa shape index (κ3) is 56.2. The van der Waals surface area contributed by atoms with Crippen molar-refractivity contribution in [2.45, 2.75) is 322 Å². The van der Waals surface area contributed by atoms with Crippen molar-refractivity contribution in [2.75, 3.05) is 13.2 Å². The van der Waals surface area contributed by atoms with Crippen LogP contribution >= 0.6 is 0 Å². The number of carbonyl (C=O) groups is 3. The van der Waals surface area contributed by atoms with Crippen LogP contribution in [0, 0.1) is 0 Å². The second kappa shape index (κ2) is 57.9. The number of esters is 3. The average molecular weight is 968 g/mol. The predicted octanol–water partition coefficient (Wildman–Crippen LogP) is 20.2. The van der Waals surface area contributed by atoms with Crippen molar-refractivity contribution in [3.63, 3.8) is 0 Å². The monoisotopic (exact) mass is 967 g/mol. The summed E-state index contributed by atoms with van der Waals surface area (Å²) in [5, 5.41) is 0. The van der Waals surface area contributed by atoms with Gasteiger partial charge in [-0.3, -0.25) is 14.4 Å². The van der Waals surface area contributed by atoms with Gasteiger partial charge >= 0.3 is 17.9 Å². The van der Waals surface area contributed by atoms with Crippen molar-refractivity contribution >= 4 is 17.9 Å². The van der Waals surface area contributed by atoms with Crippen molar-refractivity contribution in [3.8, 4) is 0 Å². The number of hydrogen-bond acceptors (Lipinski definition) is 6. The first-order valence-electron chi connectivity index (χ1n) is 30.1. The number of rotatable bonds is 55. The van der Waals surface area contributed by atoms with Crippen molar-refractivity contribution < 1.29 is 28.6 Å². The van der Waals surface area contributed by atoms with Gasteiger partial charge in [0, 0.05) is 19.3 Å². The first-order valence-corrected chi connectivity index (χ1v) is 30.1. The van der Waals surface area contributed by atoms with E-state index in [0.29, 0.717) is 19.3 Å². The summed E-state index contributed by atoms with van der Waals surface area (Å²) in [6.07, 6.45) is 71.1. The molecule has 0 spiro atoms. The summed E-state index contributed by atoms with van der Waals surface area (Å²) in [5.74, 6) is -0.928. The molecule has 0 saturated heterocycles. The third-order valence-corrected chi connectivity index (χ3v) is 13.3. The van der Waals surface area contributed by atoms with Gasteiger partial charge in [0.15, 0.2) is 6.10 Å². The Bertz CT molecular complexity index is 1200. The van der Waals surface area contributed by atoms with Crippen LogP contribution in [0.15, 0.2) is 48.6 Å². The van der Waals surface area contributed by atoms with E-state index < -0.39 is 6.10 Å². The minimum Gasteiger partial charge on any atom is -0.462 e. The molecule has 0 aliphatic heterocycles. The first kappa shape index (κ1) is 66.4. The Balaban J connectivity index is 4.41. The molecule has 0 rings (SSSR count). The molecule has 0 N–H and O–H groups in total. The van der Waals surface area contributed by atoms with Crippen molar-refractivity contribution in [1.29, 1.82) is 0 Å². The topological polar surface area (TPSA) is 78.9 Å². The number of allylic oxidation sites excluding steroid dienone is 8. The van der Waals surface area contributed by atoms with E-state index in [4.69, 9.17) is 14.2 Å². The van der Waals surface area contributed by atoms with E-state index in [9.17, 15) is 14.4 Å². The van der Waals surface area contributed by atoms with Crippen LogP contribution in [-0.2, 0) is 28.6 Å². The summed E-state index contributed by atoms with van der Waals surface area (Å²) in [4.78, 5) is 38.2. The first-order chi connectivity index (χ1) is 34.0. The van der Waals surface area contributed by atoms with Gasteiger partial charge in [-0.25, -0.2) is 0 Å². The number of unbranched alkanes of at least 4 members (excludes halogenated alkanes) is 36. The lowest BCUT2D eigenvalue weighted by molar-refractivity contribution is -0.167. The van der Waals surface area contributed by atoms with E-state index in [1.54, 1.807) is 0 Å². The van der Waals surface area contributed by atoms with Gasteiger partial charge in [-0.2, -0.15) is 0 Å². The van der Waals surface area contributed by atoms with Gasteiger partial charge in [0.1, 0.15) is 13.2 Å². The predicted molar refractivity (Wildman–Crippen MR) is 298 cm³/mol. The molecule has 6 heteroatoms. The van der Waals surface area contributed by atoms with Crippen LogP contribution < -0.4 is 0 Å². The van der Waals surface area contributed by atoms with Crippen LogP contribution in [0.2, 0.25) is 0 Å². The average Bonchev–Trinajstić information content (AvgIpc) is 3.35. The van der Waals surface area contributed by atoms with Crippen molar-refractivity contribution in [2.24, 2.45) is 0 Å². The fourth-order valence-electron chi connectivity index (χ4n) is 8.75.